The lowest BCUT2D eigenvalue weighted by Gasteiger charge is -2.41. The number of aromatic nitrogens is 2. The quantitative estimate of drug-likeness (QED) is 0.373. The zero-order valence-corrected chi connectivity index (χ0v) is 19.9. The number of halogens is 1. The largest absolute Gasteiger partial charge is 0.263 e. The maximum absolute atomic E-state index is 14.6. The van der Waals surface area contributed by atoms with Gasteiger partial charge in [0.2, 0.25) is 0 Å². The van der Waals surface area contributed by atoms with E-state index in [-0.39, 0.29) is 11.1 Å². The molecule has 0 aliphatic heterocycles. The lowest BCUT2D eigenvalue weighted by Crippen LogP contribution is -2.51. The molecule has 4 aromatic rings. The molecule has 0 unspecified atom stereocenters. The molecule has 0 radical (unpaired) electrons. The number of nitrogens with two attached hydrogens (primary N) is 1. The average molecular weight is 468 g/mol. The molecule has 0 saturated carbocycles. The van der Waals surface area contributed by atoms with E-state index in [1.165, 1.54) is 12.1 Å². The molecule has 0 bridgehead atoms. The van der Waals surface area contributed by atoms with Crippen molar-refractivity contribution in [3.8, 4) is 21.7 Å². The number of thiazole rings is 1. The van der Waals surface area contributed by atoms with Crippen LogP contribution in [0.15, 0.2) is 82.8 Å². The second-order valence-corrected chi connectivity index (χ2v) is 13.0. The summed E-state index contributed by atoms with van der Waals surface area (Å²) in [5.41, 5.74) is 2.22. The molecule has 0 spiro atoms. The molecule has 0 fully saturated rings. The van der Waals surface area contributed by atoms with E-state index in [1.807, 2.05) is 51.1 Å². The lowest BCUT2D eigenvalue weighted by atomic mass is 10.1. The third-order valence-corrected chi connectivity index (χ3v) is 11.1. The van der Waals surface area contributed by atoms with Gasteiger partial charge >= 0.3 is 0 Å². The lowest BCUT2D eigenvalue weighted by molar-refractivity contribution is 0.628. The van der Waals surface area contributed by atoms with Gasteiger partial charge in [0.15, 0.2) is 0 Å². The first kappa shape index (κ1) is 22.5. The molecule has 4 rings (SSSR count). The van der Waals surface area contributed by atoms with E-state index in [4.69, 9.17) is 10.1 Å². The molecule has 0 aliphatic rings. The van der Waals surface area contributed by atoms with Gasteiger partial charge in [-0.05, 0) is 48.4 Å². The van der Waals surface area contributed by atoms with E-state index in [9.17, 15) is 8.60 Å². The van der Waals surface area contributed by atoms with Gasteiger partial charge in [-0.2, -0.15) is 0 Å². The molecule has 0 amide bonds. The number of benzene rings is 2. The summed E-state index contributed by atoms with van der Waals surface area (Å²) in [5, 5.41) is 7.72. The Bertz CT molecular complexity index is 1330. The fourth-order valence-corrected chi connectivity index (χ4v) is 7.32. The fourth-order valence-electron chi connectivity index (χ4n) is 3.66. The Labute approximate surface area is 191 Å². The molecule has 166 valence electrons. The molecule has 0 aliphatic carbocycles. The first-order valence-corrected chi connectivity index (χ1v) is 13.4. The summed E-state index contributed by atoms with van der Waals surface area (Å²) in [6.45, 7) is 5.75. The number of hydrogen-bond donors (Lipinski definition) is 1. The van der Waals surface area contributed by atoms with Crippen LogP contribution in [0.25, 0.3) is 21.7 Å². The van der Waals surface area contributed by atoms with Gasteiger partial charge in [-0.15, -0.1) is 11.3 Å². The second-order valence-electron chi connectivity index (χ2n) is 7.96. The van der Waals surface area contributed by atoms with Crippen molar-refractivity contribution in [2.45, 2.75) is 42.4 Å². The molecule has 0 saturated heterocycles. The SMILES string of the molecule is CCc1nc(-c2cccc(F)c2)c(-c2ccnc(S(N)(=O)(c3ccccc3)C(C)C)c2)s1. The standard InChI is InChI=1S/C25H26FN3OS2/c1-4-22-29-24(18-9-8-10-20(26)15-18)25(31-22)19-13-14-28-23(16-19)32(27,30,17(2)3)21-11-6-5-7-12-21/h5-17H,4H2,1-3H3,(H2,27,30). The highest BCUT2D eigenvalue weighted by Gasteiger charge is 2.41. The van der Waals surface area contributed by atoms with Crippen molar-refractivity contribution in [1.29, 1.82) is 0 Å². The summed E-state index contributed by atoms with van der Waals surface area (Å²) in [6, 6.07) is 19.2. The van der Waals surface area contributed by atoms with Gasteiger partial charge < -0.3 is 0 Å². The van der Waals surface area contributed by atoms with Crippen molar-refractivity contribution >= 4 is 20.6 Å². The molecule has 2 aromatic carbocycles. The van der Waals surface area contributed by atoms with Crippen LogP contribution >= 0.6 is 11.3 Å². The minimum atomic E-state index is -3.98. The highest BCUT2D eigenvalue weighted by atomic mass is 32.3. The van der Waals surface area contributed by atoms with Crippen LogP contribution in [0.1, 0.15) is 25.8 Å². The van der Waals surface area contributed by atoms with Crippen LogP contribution in [0, 0.1) is 5.82 Å². The number of rotatable bonds is 6. The predicted molar refractivity (Wildman–Crippen MR) is 131 cm³/mol. The van der Waals surface area contributed by atoms with E-state index in [1.54, 1.807) is 41.8 Å². The predicted octanol–water partition coefficient (Wildman–Crippen LogP) is 6.09. The van der Waals surface area contributed by atoms with Gasteiger partial charge in [0.1, 0.15) is 10.8 Å². The number of nitrogens with zero attached hydrogens (tertiary/aromatic N) is 2. The average Bonchev–Trinajstić information content (AvgIpc) is 3.24. The molecule has 2 heterocycles. The minimum Gasteiger partial charge on any atom is -0.263 e. The Morgan fingerprint density at radius 3 is 2.44 bits per heavy atom. The molecule has 2 aromatic heterocycles. The topological polar surface area (TPSA) is 68.9 Å². The summed E-state index contributed by atoms with van der Waals surface area (Å²) < 4.78 is 28.5. The monoisotopic (exact) mass is 467 g/mol. The van der Waals surface area contributed by atoms with Crippen molar-refractivity contribution < 1.29 is 8.60 Å². The zero-order valence-electron chi connectivity index (χ0n) is 18.3. The number of hydrogen-bond acceptors (Lipinski definition) is 4. The van der Waals surface area contributed by atoms with Gasteiger partial charge in [0.05, 0.1) is 15.6 Å². The third-order valence-electron chi connectivity index (χ3n) is 5.67. The van der Waals surface area contributed by atoms with Gasteiger partial charge in [-0.3, -0.25) is 9.35 Å². The molecule has 7 heteroatoms. The first-order chi connectivity index (χ1) is 15.2. The van der Waals surface area contributed by atoms with E-state index in [2.05, 4.69) is 4.98 Å². The second kappa shape index (κ2) is 8.31. The highest BCUT2D eigenvalue weighted by molar-refractivity contribution is 8.18. The van der Waals surface area contributed by atoms with Crippen molar-refractivity contribution in [1.82, 2.24) is 9.97 Å². The molecule has 2 N–H and O–H groups in total. The van der Waals surface area contributed by atoms with Crippen molar-refractivity contribution in [3.63, 3.8) is 0 Å². The smallest absolute Gasteiger partial charge is 0.123 e. The Morgan fingerprint density at radius 1 is 1.03 bits per heavy atom. The summed E-state index contributed by atoms with van der Waals surface area (Å²) in [7, 11) is -3.98. The van der Waals surface area contributed by atoms with Crippen LogP contribution in [0.4, 0.5) is 4.39 Å². The van der Waals surface area contributed by atoms with Crippen molar-refractivity contribution in [3.05, 3.63) is 83.8 Å². The van der Waals surface area contributed by atoms with Gasteiger partial charge in [0.25, 0.3) is 0 Å². The third kappa shape index (κ3) is 3.70. The molecule has 4 nitrogen and oxygen atoms in total. The zero-order chi connectivity index (χ0) is 23.0. The fraction of sp³-hybridized carbons (Fsp3) is 0.200. The van der Waals surface area contributed by atoms with Crippen molar-refractivity contribution in [2.75, 3.05) is 0 Å². The molecule has 0 atom stereocenters. The van der Waals surface area contributed by atoms with Crippen LogP contribution in [0.5, 0.6) is 0 Å². The van der Waals surface area contributed by atoms with E-state index in [0.29, 0.717) is 21.2 Å². The van der Waals surface area contributed by atoms with E-state index < -0.39 is 9.25 Å². The normalized spacial score (nSPS) is 13.1. The van der Waals surface area contributed by atoms with E-state index in [0.717, 1.165) is 21.9 Å². The van der Waals surface area contributed by atoms with Crippen LogP contribution < -0.4 is 5.14 Å². The summed E-state index contributed by atoms with van der Waals surface area (Å²) >= 11 is 1.54. The Hall–Kier alpha value is -2.74. The maximum Gasteiger partial charge on any atom is 0.123 e. The maximum atomic E-state index is 14.6. The van der Waals surface area contributed by atoms with Crippen LogP contribution in [0.2, 0.25) is 0 Å². The van der Waals surface area contributed by atoms with Gasteiger partial charge in [0, 0.05) is 31.2 Å². The van der Waals surface area contributed by atoms with Crippen LogP contribution in [-0.4, -0.2) is 19.4 Å². The molecular weight excluding hydrogens is 441 g/mol. The summed E-state index contributed by atoms with van der Waals surface area (Å²) in [5.74, 6) is -0.316. The summed E-state index contributed by atoms with van der Waals surface area (Å²) in [6.07, 6.45) is 2.40. The number of aryl methyl sites for hydroxylation is 1. The molecule has 32 heavy (non-hydrogen) atoms. The first-order valence-electron chi connectivity index (χ1n) is 10.5. The number of pyridine rings is 1. The Balaban J connectivity index is 1.93. The highest BCUT2D eigenvalue weighted by Crippen LogP contribution is 2.43. The Kier molecular flexibility index (Phi) is 5.83. The minimum absolute atomic E-state index is 0.316. The van der Waals surface area contributed by atoms with Gasteiger partial charge in [-0.1, -0.05) is 51.1 Å². The van der Waals surface area contributed by atoms with E-state index >= 15 is 0 Å². The van der Waals surface area contributed by atoms with Gasteiger partial charge in [-0.25, -0.2) is 14.4 Å². The summed E-state index contributed by atoms with van der Waals surface area (Å²) in [4.78, 5) is 10.7. The van der Waals surface area contributed by atoms with Crippen LogP contribution in [-0.2, 0) is 15.7 Å². The molecular formula is C25H26FN3OS2. The Morgan fingerprint density at radius 2 is 1.78 bits per heavy atom. The van der Waals surface area contributed by atoms with Crippen LogP contribution in [0.3, 0.4) is 0 Å². The van der Waals surface area contributed by atoms with Crippen molar-refractivity contribution in [2.24, 2.45) is 5.14 Å².